The van der Waals surface area contributed by atoms with Gasteiger partial charge in [0.05, 0.1) is 25.1 Å². The van der Waals surface area contributed by atoms with Gasteiger partial charge >= 0.3 is 0 Å². The summed E-state index contributed by atoms with van der Waals surface area (Å²) in [6.07, 6.45) is 8.28. The summed E-state index contributed by atoms with van der Waals surface area (Å²) in [6, 6.07) is 0.406. The lowest BCUT2D eigenvalue weighted by molar-refractivity contribution is 0.0669. The maximum Gasteiger partial charge on any atom is 0.234 e. The van der Waals surface area contributed by atoms with Crippen LogP contribution in [0, 0.1) is 5.92 Å². The van der Waals surface area contributed by atoms with Crippen LogP contribution in [0.2, 0.25) is 0 Å². The first-order valence-electron chi connectivity index (χ1n) is 7.41. The van der Waals surface area contributed by atoms with E-state index in [1.54, 1.807) is 19.5 Å². The fourth-order valence-electron chi connectivity index (χ4n) is 2.44. The number of hydrogen-bond acceptors (Lipinski definition) is 5. The van der Waals surface area contributed by atoms with Crippen molar-refractivity contribution in [2.45, 2.75) is 51.7 Å². The fraction of sp³-hybridized carbons (Fsp3) is 0.733. The summed E-state index contributed by atoms with van der Waals surface area (Å²) in [7, 11) is 1.78. The molecule has 0 aliphatic heterocycles. The monoisotopic (exact) mass is 279 g/mol. The number of hydrogen-bond donors (Lipinski definition) is 1. The van der Waals surface area contributed by atoms with Crippen LogP contribution in [0.3, 0.4) is 0 Å². The molecule has 0 amide bonds. The first-order valence-corrected chi connectivity index (χ1v) is 7.41. The van der Waals surface area contributed by atoms with E-state index in [0.29, 0.717) is 30.6 Å². The predicted molar refractivity (Wildman–Crippen MR) is 79.0 cm³/mol. The lowest BCUT2D eigenvalue weighted by Gasteiger charge is -2.29. The van der Waals surface area contributed by atoms with Gasteiger partial charge in [0.2, 0.25) is 5.88 Å². The molecule has 0 bridgehead atoms. The molecule has 20 heavy (non-hydrogen) atoms. The SMILES string of the molecule is COC1CCCC(Nc2cncc(OCC(C)C)n2)C1. The molecular formula is C15H25N3O2. The predicted octanol–water partition coefficient (Wildman–Crippen LogP) is 2.88. The Kier molecular flexibility index (Phi) is 5.59. The van der Waals surface area contributed by atoms with Gasteiger partial charge in [0, 0.05) is 13.2 Å². The van der Waals surface area contributed by atoms with Crippen molar-refractivity contribution in [3.63, 3.8) is 0 Å². The maximum atomic E-state index is 5.60. The molecule has 1 saturated carbocycles. The van der Waals surface area contributed by atoms with E-state index < -0.39 is 0 Å². The molecule has 1 aromatic rings. The van der Waals surface area contributed by atoms with E-state index >= 15 is 0 Å². The van der Waals surface area contributed by atoms with Crippen molar-refractivity contribution in [1.29, 1.82) is 0 Å². The van der Waals surface area contributed by atoms with Gasteiger partial charge in [-0.05, 0) is 31.6 Å². The molecule has 2 atom stereocenters. The lowest BCUT2D eigenvalue weighted by Crippen LogP contribution is -2.31. The molecule has 1 fully saturated rings. The standard InChI is InChI=1S/C15H25N3O2/c1-11(2)10-20-15-9-16-8-14(18-15)17-12-5-4-6-13(7-12)19-3/h8-9,11-13H,4-7,10H2,1-3H3,(H,17,18). The molecule has 1 N–H and O–H groups in total. The second-order valence-corrected chi connectivity index (χ2v) is 5.81. The average Bonchev–Trinajstić information content (AvgIpc) is 2.46. The Morgan fingerprint density at radius 2 is 2.20 bits per heavy atom. The molecule has 1 aliphatic carbocycles. The first kappa shape index (κ1) is 15.0. The molecule has 1 aliphatic rings. The molecular weight excluding hydrogens is 254 g/mol. The number of nitrogens with one attached hydrogen (secondary N) is 1. The Labute approximate surface area is 121 Å². The summed E-state index contributed by atoms with van der Waals surface area (Å²) in [4.78, 5) is 8.64. The van der Waals surface area contributed by atoms with Gasteiger partial charge in [0.25, 0.3) is 0 Å². The van der Waals surface area contributed by atoms with Gasteiger partial charge in [-0.15, -0.1) is 0 Å². The minimum absolute atomic E-state index is 0.356. The molecule has 0 radical (unpaired) electrons. The van der Waals surface area contributed by atoms with E-state index in [1.165, 1.54) is 6.42 Å². The topological polar surface area (TPSA) is 56.3 Å². The summed E-state index contributed by atoms with van der Waals surface area (Å²) < 4.78 is 11.0. The van der Waals surface area contributed by atoms with E-state index in [9.17, 15) is 0 Å². The number of aromatic nitrogens is 2. The molecule has 5 heteroatoms. The molecule has 0 aromatic carbocycles. The minimum Gasteiger partial charge on any atom is -0.476 e. The van der Waals surface area contributed by atoms with Crippen molar-refractivity contribution in [1.82, 2.24) is 9.97 Å². The fourth-order valence-corrected chi connectivity index (χ4v) is 2.44. The highest BCUT2D eigenvalue weighted by Gasteiger charge is 2.21. The quantitative estimate of drug-likeness (QED) is 0.867. The van der Waals surface area contributed by atoms with Crippen molar-refractivity contribution in [3.8, 4) is 5.88 Å². The van der Waals surface area contributed by atoms with Crippen LogP contribution in [0.15, 0.2) is 12.4 Å². The second kappa shape index (κ2) is 7.43. The highest BCUT2D eigenvalue weighted by molar-refractivity contribution is 5.34. The molecule has 0 spiro atoms. The van der Waals surface area contributed by atoms with Gasteiger partial charge in [-0.3, -0.25) is 4.98 Å². The summed E-state index contributed by atoms with van der Waals surface area (Å²) >= 11 is 0. The van der Waals surface area contributed by atoms with E-state index in [4.69, 9.17) is 9.47 Å². The van der Waals surface area contributed by atoms with Crippen LogP contribution in [0.4, 0.5) is 5.82 Å². The maximum absolute atomic E-state index is 5.60. The minimum atomic E-state index is 0.356. The zero-order valence-corrected chi connectivity index (χ0v) is 12.6. The molecule has 112 valence electrons. The van der Waals surface area contributed by atoms with Gasteiger partial charge in [0.15, 0.2) is 0 Å². The molecule has 0 saturated heterocycles. The summed E-state index contributed by atoms with van der Waals surface area (Å²) in [6.45, 7) is 4.89. The smallest absolute Gasteiger partial charge is 0.234 e. The largest absolute Gasteiger partial charge is 0.476 e. The highest BCUT2D eigenvalue weighted by Crippen LogP contribution is 2.23. The Morgan fingerprint density at radius 1 is 1.35 bits per heavy atom. The molecule has 2 rings (SSSR count). The number of methoxy groups -OCH3 is 1. The van der Waals surface area contributed by atoms with Crippen molar-refractivity contribution in [2.75, 3.05) is 19.0 Å². The summed E-state index contributed by atoms with van der Waals surface area (Å²) in [5.74, 6) is 1.85. The van der Waals surface area contributed by atoms with Crippen LogP contribution in [0.1, 0.15) is 39.5 Å². The Balaban J connectivity index is 1.90. The zero-order valence-electron chi connectivity index (χ0n) is 12.6. The van der Waals surface area contributed by atoms with Crippen molar-refractivity contribution < 1.29 is 9.47 Å². The van der Waals surface area contributed by atoms with E-state index in [1.807, 2.05) is 0 Å². The van der Waals surface area contributed by atoms with Crippen LogP contribution in [0.25, 0.3) is 0 Å². The van der Waals surface area contributed by atoms with Crippen LogP contribution in [-0.4, -0.2) is 35.8 Å². The van der Waals surface area contributed by atoms with Crippen molar-refractivity contribution in [2.24, 2.45) is 5.92 Å². The van der Waals surface area contributed by atoms with Crippen LogP contribution >= 0.6 is 0 Å². The van der Waals surface area contributed by atoms with Gasteiger partial charge < -0.3 is 14.8 Å². The number of anilines is 1. The third-order valence-electron chi connectivity index (χ3n) is 3.49. The number of rotatable bonds is 6. The molecule has 5 nitrogen and oxygen atoms in total. The third-order valence-corrected chi connectivity index (χ3v) is 3.49. The molecule has 2 unspecified atom stereocenters. The highest BCUT2D eigenvalue weighted by atomic mass is 16.5. The number of nitrogens with zero attached hydrogens (tertiary/aromatic N) is 2. The number of ether oxygens (including phenoxy) is 2. The van der Waals surface area contributed by atoms with Gasteiger partial charge in [-0.2, -0.15) is 4.98 Å². The third kappa shape index (κ3) is 4.63. The molecule has 1 heterocycles. The van der Waals surface area contributed by atoms with Gasteiger partial charge in [0.1, 0.15) is 5.82 Å². The van der Waals surface area contributed by atoms with E-state index in [2.05, 4.69) is 29.1 Å². The van der Waals surface area contributed by atoms with Gasteiger partial charge in [-0.25, -0.2) is 0 Å². The molecule has 1 aromatic heterocycles. The summed E-state index contributed by atoms with van der Waals surface area (Å²) in [5.41, 5.74) is 0. The normalized spacial score (nSPS) is 22.8. The Hall–Kier alpha value is -1.36. The van der Waals surface area contributed by atoms with Crippen LogP contribution in [-0.2, 0) is 4.74 Å². The van der Waals surface area contributed by atoms with Gasteiger partial charge in [-0.1, -0.05) is 13.8 Å². The van der Waals surface area contributed by atoms with Crippen LogP contribution < -0.4 is 10.1 Å². The summed E-state index contributed by atoms with van der Waals surface area (Å²) in [5, 5.41) is 3.44. The van der Waals surface area contributed by atoms with E-state index in [0.717, 1.165) is 25.1 Å². The first-order chi connectivity index (χ1) is 9.67. The zero-order chi connectivity index (χ0) is 14.4. The van der Waals surface area contributed by atoms with Crippen molar-refractivity contribution >= 4 is 5.82 Å². The van der Waals surface area contributed by atoms with Crippen molar-refractivity contribution in [3.05, 3.63) is 12.4 Å². The van der Waals surface area contributed by atoms with E-state index in [-0.39, 0.29) is 0 Å². The average molecular weight is 279 g/mol. The Bertz CT molecular complexity index is 412. The van der Waals surface area contributed by atoms with Crippen LogP contribution in [0.5, 0.6) is 5.88 Å². The lowest BCUT2D eigenvalue weighted by atomic mass is 9.93. The second-order valence-electron chi connectivity index (χ2n) is 5.81. The Morgan fingerprint density at radius 3 is 2.95 bits per heavy atom.